The van der Waals surface area contributed by atoms with E-state index in [2.05, 4.69) is 10.3 Å². The largest absolute Gasteiger partial charge is 0.484 e. The number of aromatic nitrogens is 1. The molecule has 122 valence electrons. The van der Waals surface area contributed by atoms with Crippen LogP contribution in [0.4, 0.5) is 0 Å². The third-order valence-corrected chi connectivity index (χ3v) is 3.53. The van der Waals surface area contributed by atoms with Gasteiger partial charge < -0.3 is 14.5 Å². The Bertz CT molecular complexity index is 906. The van der Waals surface area contributed by atoms with Crippen LogP contribution in [-0.4, -0.2) is 17.5 Å². The van der Waals surface area contributed by atoms with Gasteiger partial charge in [-0.15, -0.1) is 0 Å². The van der Waals surface area contributed by atoms with Gasteiger partial charge in [-0.25, -0.2) is 4.79 Å². The first kappa shape index (κ1) is 15.7. The van der Waals surface area contributed by atoms with Crippen molar-refractivity contribution in [3.8, 4) is 5.75 Å². The summed E-state index contributed by atoms with van der Waals surface area (Å²) in [5.74, 6) is 0.210. The van der Waals surface area contributed by atoms with Crippen molar-refractivity contribution >= 4 is 16.9 Å². The molecule has 0 radical (unpaired) electrons. The van der Waals surface area contributed by atoms with Crippen LogP contribution in [0.15, 0.2) is 64.1 Å². The number of nitrogens with one attached hydrogen (secondary N) is 1. The van der Waals surface area contributed by atoms with Crippen LogP contribution in [0.3, 0.4) is 0 Å². The van der Waals surface area contributed by atoms with Crippen molar-refractivity contribution in [3.05, 3.63) is 70.8 Å². The summed E-state index contributed by atoms with van der Waals surface area (Å²) in [6.07, 6.45) is 3.39. The molecule has 0 fully saturated rings. The molecule has 24 heavy (non-hydrogen) atoms. The highest BCUT2D eigenvalue weighted by atomic mass is 16.5. The third kappa shape index (κ3) is 3.78. The van der Waals surface area contributed by atoms with Crippen molar-refractivity contribution in [2.24, 2.45) is 0 Å². The lowest BCUT2D eigenvalue weighted by Gasteiger charge is -2.14. The molecule has 1 atom stereocenters. The van der Waals surface area contributed by atoms with E-state index in [-0.39, 0.29) is 18.6 Å². The Morgan fingerprint density at radius 2 is 2.12 bits per heavy atom. The first-order valence-electron chi connectivity index (χ1n) is 7.48. The van der Waals surface area contributed by atoms with Crippen LogP contribution in [0, 0.1) is 0 Å². The van der Waals surface area contributed by atoms with Gasteiger partial charge in [0, 0.05) is 29.9 Å². The molecular weight excluding hydrogens is 308 g/mol. The average Bonchev–Trinajstić information content (AvgIpc) is 2.60. The van der Waals surface area contributed by atoms with Gasteiger partial charge in [0.05, 0.1) is 6.04 Å². The second-order valence-corrected chi connectivity index (χ2v) is 5.32. The maximum Gasteiger partial charge on any atom is 0.336 e. The van der Waals surface area contributed by atoms with E-state index in [0.717, 1.165) is 10.9 Å². The molecule has 6 nitrogen and oxygen atoms in total. The molecular formula is C18H16N2O4. The van der Waals surface area contributed by atoms with Crippen LogP contribution >= 0.6 is 0 Å². The Balaban J connectivity index is 1.61. The lowest BCUT2D eigenvalue weighted by atomic mass is 10.1. The Morgan fingerprint density at radius 3 is 2.92 bits per heavy atom. The average molecular weight is 324 g/mol. The lowest BCUT2D eigenvalue weighted by molar-refractivity contribution is -0.123. The molecule has 1 unspecified atom stereocenters. The van der Waals surface area contributed by atoms with E-state index >= 15 is 0 Å². The minimum atomic E-state index is -0.428. The zero-order valence-corrected chi connectivity index (χ0v) is 13.1. The zero-order valence-electron chi connectivity index (χ0n) is 13.1. The number of ether oxygens (including phenoxy) is 1. The fourth-order valence-electron chi connectivity index (χ4n) is 2.28. The summed E-state index contributed by atoms with van der Waals surface area (Å²) in [5.41, 5.74) is 0.908. The standard InChI is InChI=1S/C18H16N2O4/c1-12(14-3-2-8-19-10-14)20-17(21)11-23-15-6-4-13-5-7-18(22)24-16(13)9-15/h2-10,12H,11H2,1H3,(H,20,21). The topological polar surface area (TPSA) is 81.4 Å². The highest BCUT2D eigenvalue weighted by molar-refractivity contribution is 5.79. The molecule has 1 N–H and O–H groups in total. The van der Waals surface area contributed by atoms with Crippen molar-refractivity contribution in [2.75, 3.05) is 6.61 Å². The molecule has 0 spiro atoms. The summed E-state index contributed by atoms with van der Waals surface area (Å²) in [5, 5.41) is 3.62. The van der Waals surface area contributed by atoms with E-state index in [1.54, 1.807) is 36.7 Å². The summed E-state index contributed by atoms with van der Waals surface area (Å²) in [7, 11) is 0. The molecule has 0 bridgehead atoms. The van der Waals surface area contributed by atoms with Crippen molar-refractivity contribution < 1.29 is 13.9 Å². The normalized spacial score (nSPS) is 11.9. The molecule has 2 heterocycles. The van der Waals surface area contributed by atoms with E-state index in [4.69, 9.17) is 9.15 Å². The third-order valence-electron chi connectivity index (χ3n) is 3.53. The minimum Gasteiger partial charge on any atom is -0.484 e. The quantitative estimate of drug-likeness (QED) is 0.729. The van der Waals surface area contributed by atoms with Crippen molar-refractivity contribution in [1.82, 2.24) is 10.3 Å². The summed E-state index contributed by atoms with van der Waals surface area (Å²) in [6, 6.07) is 11.7. The van der Waals surface area contributed by atoms with E-state index in [1.165, 1.54) is 6.07 Å². The molecule has 0 aliphatic heterocycles. The van der Waals surface area contributed by atoms with Crippen molar-refractivity contribution in [3.63, 3.8) is 0 Å². The number of carbonyl (C=O) groups excluding carboxylic acids is 1. The smallest absolute Gasteiger partial charge is 0.336 e. The predicted octanol–water partition coefficient (Wildman–Crippen LogP) is 2.44. The number of benzene rings is 1. The monoisotopic (exact) mass is 324 g/mol. The van der Waals surface area contributed by atoms with E-state index < -0.39 is 5.63 Å². The molecule has 0 aliphatic carbocycles. The molecule has 3 aromatic rings. The molecule has 2 aromatic heterocycles. The van der Waals surface area contributed by atoms with Gasteiger partial charge in [0.15, 0.2) is 6.61 Å². The number of amides is 1. The Kier molecular flexibility index (Phi) is 4.56. The highest BCUT2D eigenvalue weighted by Gasteiger charge is 2.10. The SMILES string of the molecule is CC(NC(=O)COc1ccc2ccc(=O)oc2c1)c1cccnc1. The van der Waals surface area contributed by atoms with Gasteiger partial charge in [-0.2, -0.15) is 0 Å². The maximum atomic E-state index is 12.0. The Morgan fingerprint density at radius 1 is 1.29 bits per heavy atom. The number of carbonyl (C=O) groups is 1. The number of hydrogen-bond acceptors (Lipinski definition) is 5. The molecule has 1 aromatic carbocycles. The predicted molar refractivity (Wildman–Crippen MR) is 88.8 cm³/mol. The van der Waals surface area contributed by atoms with Gasteiger partial charge in [0.25, 0.3) is 5.91 Å². The van der Waals surface area contributed by atoms with Crippen molar-refractivity contribution in [1.29, 1.82) is 0 Å². The Hall–Kier alpha value is -3.15. The molecule has 0 aliphatic rings. The van der Waals surface area contributed by atoms with Crippen LogP contribution < -0.4 is 15.7 Å². The van der Waals surface area contributed by atoms with Gasteiger partial charge in [-0.05, 0) is 36.8 Å². The van der Waals surface area contributed by atoms with Crippen LogP contribution in [0.5, 0.6) is 5.75 Å². The van der Waals surface area contributed by atoms with Gasteiger partial charge in [-0.3, -0.25) is 9.78 Å². The summed E-state index contributed by atoms with van der Waals surface area (Å²) in [4.78, 5) is 27.3. The number of pyridine rings is 1. The minimum absolute atomic E-state index is 0.132. The number of hydrogen-bond donors (Lipinski definition) is 1. The van der Waals surface area contributed by atoms with Gasteiger partial charge >= 0.3 is 5.63 Å². The number of rotatable bonds is 5. The Labute approximate surface area is 138 Å². The number of fused-ring (bicyclic) bond motifs is 1. The first-order valence-corrected chi connectivity index (χ1v) is 7.48. The first-order chi connectivity index (χ1) is 11.6. The van der Waals surface area contributed by atoms with Gasteiger partial charge in [0.1, 0.15) is 11.3 Å². The highest BCUT2D eigenvalue weighted by Crippen LogP contribution is 2.19. The van der Waals surface area contributed by atoms with E-state index in [0.29, 0.717) is 11.3 Å². The van der Waals surface area contributed by atoms with Crippen LogP contribution in [-0.2, 0) is 4.79 Å². The fraction of sp³-hybridized carbons (Fsp3) is 0.167. The number of nitrogens with zero attached hydrogens (tertiary/aromatic N) is 1. The molecule has 3 rings (SSSR count). The zero-order chi connectivity index (χ0) is 16.9. The summed E-state index contributed by atoms with van der Waals surface area (Å²) < 4.78 is 10.6. The van der Waals surface area contributed by atoms with Crippen LogP contribution in [0.1, 0.15) is 18.5 Å². The summed E-state index contributed by atoms with van der Waals surface area (Å²) in [6.45, 7) is 1.74. The maximum absolute atomic E-state index is 12.0. The molecule has 0 saturated heterocycles. The van der Waals surface area contributed by atoms with E-state index in [1.807, 2.05) is 19.1 Å². The van der Waals surface area contributed by atoms with Gasteiger partial charge in [-0.1, -0.05) is 6.07 Å². The van der Waals surface area contributed by atoms with E-state index in [9.17, 15) is 9.59 Å². The van der Waals surface area contributed by atoms with Gasteiger partial charge in [0.2, 0.25) is 0 Å². The lowest BCUT2D eigenvalue weighted by Crippen LogP contribution is -2.31. The molecule has 6 heteroatoms. The molecule has 0 saturated carbocycles. The van der Waals surface area contributed by atoms with Crippen LogP contribution in [0.2, 0.25) is 0 Å². The second-order valence-electron chi connectivity index (χ2n) is 5.32. The van der Waals surface area contributed by atoms with Crippen LogP contribution in [0.25, 0.3) is 11.0 Å². The van der Waals surface area contributed by atoms with Crippen molar-refractivity contribution in [2.45, 2.75) is 13.0 Å². The summed E-state index contributed by atoms with van der Waals surface area (Å²) >= 11 is 0. The second kappa shape index (κ2) is 6.95. The fourth-order valence-corrected chi connectivity index (χ4v) is 2.28. The molecule has 1 amide bonds.